The summed E-state index contributed by atoms with van der Waals surface area (Å²) >= 11 is 2.03. The Morgan fingerprint density at radius 1 is 1.44 bits per heavy atom. The smallest absolute Gasteiger partial charge is 0.237 e. The van der Waals surface area contributed by atoms with Crippen LogP contribution in [0.1, 0.15) is 31.0 Å². The van der Waals surface area contributed by atoms with E-state index in [0.717, 1.165) is 12.1 Å². The number of ether oxygens (including phenoxy) is 1. The van der Waals surface area contributed by atoms with E-state index in [-0.39, 0.29) is 6.04 Å². The molecule has 1 aromatic heterocycles. The van der Waals surface area contributed by atoms with Crippen molar-refractivity contribution in [3.05, 3.63) is 18.1 Å². The van der Waals surface area contributed by atoms with Gasteiger partial charge in [0.25, 0.3) is 0 Å². The Hall–Kier alpha value is -0.850. The molecule has 1 fully saturated rings. The molecule has 18 heavy (non-hydrogen) atoms. The van der Waals surface area contributed by atoms with Crippen molar-refractivity contribution in [3.8, 4) is 5.88 Å². The van der Waals surface area contributed by atoms with Crippen LogP contribution in [0.4, 0.5) is 0 Å². The first-order chi connectivity index (χ1) is 8.85. The Morgan fingerprint density at radius 3 is 2.83 bits per heavy atom. The molecular weight excluding hydrogens is 248 g/mol. The van der Waals surface area contributed by atoms with Gasteiger partial charge in [-0.3, -0.25) is 16.3 Å². The third-order valence-electron chi connectivity index (χ3n) is 3.33. The molecule has 2 rings (SSSR count). The topological polar surface area (TPSA) is 73.1 Å². The monoisotopic (exact) mass is 268 g/mol. The largest absolute Gasteiger partial charge is 0.480 e. The van der Waals surface area contributed by atoms with Gasteiger partial charge in [0.15, 0.2) is 0 Å². The number of methoxy groups -OCH3 is 1. The molecule has 0 bridgehead atoms. The van der Waals surface area contributed by atoms with Crippen LogP contribution in [0.3, 0.4) is 0 Å². The number of thioether (sulfide) groups is 1. The Balaban J connectivity index is 2.07. The molecule has 0 amide bonds. The highest BCUT2D eigenvalue weighted by molar-refractivity contribution is 7.99. The van der Waals surface area contributed by atoms with Gasteiger partial charge in [-0.2, -0.15) is 11.8 Å². The van der Waals surface area contributed by atoms with Gasteiger partial charge in [0.1, 0.15) is 5.69 Å². The van der Waals surface area contributed by atoms with Gasteiger partial charge in [-0.15, -0.1) is 0 Å². The number of hydrogen-bond acceptors (Lipinski definition) is 6. The summed E-state index contributed by atoms with van der Waals surface area (Å²) < 4.78 is 5.24. The quantitative estimate of drug-likeness (QED) is 0.623. The summed E-state index contributed by atoms with van der Waals surface area (Å²) in [5, 5.41) is 0. The molecule has 1 aliphatic rings. The highest BCUT2D eigenvalue weighted by Crippen LogP contribution is 2.32. The van der Waals surface area contributed by atoms with Crippen molar-refractivity contribution in [2.24, 2.45) is 11.8 Å². The first-order valence-electron chi connectivity index (χ1n) is 6.24. The van der Waals surface area contributed by atoms with Crippen LogP contribution in [0.5, 0.6) is 5.88 Å². The molecule has 1 saturated heterocycles. The van der Waals surface area contributed by atoms with Crippen molar-refractivity contribution in [2.45, 2.75) is 25.3 Å². The lowest BCUT2D eigenvalue weighted by molar-refractivity contribution is 0.341. The van der Waals surface area contributed by atoms with E-state index in [1.807, 2.05) is 11.8 Å². The lowest BCUT2D eigenvalue weighted by Gasteiger charge is -2.26. The highest BCUT2D eigenvalue weighted by Gasteiger charge is 2.23. The lowest BCUT2D eigenvalue weighted by atomic mass is 9.93. The molecule has 0 aromatic carbocycles. The number of hydrazine groups is 1. The SMILES string of the molecule is COc1nccnc1C(CC1CCSCC1)NN. The van der Waals surface area contributed by atoms with Gasteiger partial charge in [0, 0.05) is 12.4 Å². The maximum atomic E-state index is 5.67. The second kappa shape index (κ2) is 6.92. The molecule has 2 heterocycles. The summed E-state index contributed by atoms with van der Waals surface area (Å²) in [4.78, 5) is 8.53. The molecule has 100 valence electrons. The molecule has 3 N–H and O–H groups in total. The Bertz CT molecular complexity index is 371. The Kier molecular flexibility index (Phi) is 5.22. The maximum absolute atomic E-state index is 5.67. The fourth-order valence-corrected chi connectivity index (χ4v) is 3.51. The molecule has 1 atom stereocenters. The van der Waals surface area contributed by atoms with Crippen LogP contribution in [0.15, 0.2) is 12.4 Å². The minimum atomic E-state index is 0.0155. The van der Waals surface area contributed by atoms with E-state index in [1.165, 1.54) is 24.3 Å². The van der Waals surface area contributed by atoms with E-state index < -0.39 is 0 Å². The zero-order valence-electron chi connectivity index (χ0n) is 10.6. The van der Waals surface area contributed by atoms with Crippen LogP contribution < -0.4 is 16.0 Å². The first kappa shape index (κ1) is 13.6. The summed E-state index contributed by atoms with van der Waals surface area (Å²) in [5.41, 5.74) is 3.66. The molecule has 1 aromatic rings. The summed E-state index contributed by atoms with van der Waals surface area (Å²) in [5.74, 6) is 9.43. The molecule has 0 aliphatic carbocycles. The number of nitrogens with one attached hydrogen (secondary N) is 1. The molecule has 1 unspecified atom stereocenters. The summed E-state index contributed by atoms with van der Waals surface area (Å²) in [6.07, 6.45) is 6.81. The van der Waals surface area contributed by atoms with E-state index >= 15 is 0 Å². The van der Waals surface area contributed by atoms with Crippen LogP contribution >= 0.6 is 11.8 Å². The molecule has 0 spiro atoms. The predicted molar refractivity (Wildman–Crippen MR) is 73.3 cm³/mol. The van der Waals surface area contributed by atoms with E-state index in [0.29, 0.717) is 11.8 Å². The first-order valence-corrected chi connectivity index (χ1v) is 7.39. The van der Waals surface area contributed by atoms with E-state index in [9.17, 15) is 0 Å². The number of nitrogens with two attached hydrogens (primary N) is 1. The molecule has 0 radical (unpaired) electrons. The standard InChI is InChI=1S/C12H20N4OS/c1-17-12-11(14-4-5-15-12)10(16-13)8-9-2-6-18-7-3-9/h4-5,9-10,16H,2-3,6-8,13H2,1H3. The van der Waals surface area contributed by atoms with Crippen LogP contribution in [0, 0.1) is 5.92 Å². The zero-order valence-corrected chi connectivity index (χ0v) is 11.4. The molecule has 1 aliphatic heterocycles. The fraction of sp³-hybridized carbons (Fsp3) is 0.667. The molecule has 6 heteroatoms. The van der Waals surface area contributed by atoms with Gasteiger partial charge < -0.3 is 4.74 Å². The second-order valence-electron chi connectivity index (χ2n) is 4.46. The van der Waals surface area contributed by atoms with E-state index in [1.54, 1.807) is 19.5 Å². The van der Waals surface area contributed by atoms with Gasteiger partial charge in [-0.05, 0) is 36.7 Å². The predicted octanol–water partition coefficient (Wildman–Crippen LogP) is 1.52. The van der Waals surface area contributed by atoms with Crippen molar-refractivity contribution in [2.75, 3.05) is 18.6 Å². The van der Waals surface area contributed by atoms with Gasteiger partial charge in [0.2, 0.25) is 5.88 Å². The average Bonchev–Trinajstić information content (AvgIpc) is 2.46. The highest BCUT2D eigenvalue weighted by atomic mass is 32.2. The number of nitrogens with zero attached hydrogens (tertiary/aromatic N) is 2. The van der Waals surface area contributed by atoms with Crippen LogP contribution in [-0.2, 0) is 0 Å². The van der Waals surface area contributed by atoms with E-state index in [2.05, 4.69) is 15.4 Å². The van der Waals surface area contributed by atoms with Crippen molar-refractivity contribution in [1.29, 1.82) is 0 Å². The zero-order chi connectivity index (χ0) is 12.8. The van der Waals surface area contributed by atoms with Crippen molar-refractivity contribution in [3.63, 3.8) is 0 Å². The average molecular weight is 268 g/mol. The Labute approximate surface area is 112 Å². The van der Waals surface area contributed by atoms with Crippen molar-refractivity contribution >= 4 is 11.8 Å². The van der Waals surface area contributed by atoms with Gasteiger partial charge in [-0.25, -0.2) is 4.98 Å². The second-order valence-corrected chi connectivity index (χ2v) is 5.69. The van der Waals surface area contributed by atoms with Gasteiger partial charge in [-0.1, -0.05) is 0 Å². The molecule has 0 saturated carbocycles. The normalized spacial score (nSPS) is 18.6. The van der Waals surface area contributed by atoms with Crippen LogP contribution in [0.25, 0.3) is 0 Å². The lowest BCUT2D eigenvalue weighted by Crippen LogP contribution is -2.31. The molecular formula is C12H20N4OS. The Morgan fingerprint density at radius 2 is 2.17 bits per heavy atom. The van der Waals surface area contributed by atoms with Crippen molar-refractivity contribution < 1.29 is 4.74 Å². The summed E-state index contributed by atoms with van der Waals surface area (Å²) in [6.45, 7) is 0. The number of hydrogen-bond donors (Lipinski definition) is 2. The molecule has 5 nitrogen and oxygen atoms in total. The summed E-state index contributed by atoms with van der Waals surface area (Å²) in [6, 6.07) is 0.0155. The van der Waals surface area contributed by atoms with E-state index in [4.69, 9.17) is 10.6 Å². The maximum Gasteiger partial charge on any atom is 0.237 e. The minimum absolute atomic E-state index is 0.0155. The minimum Gasteiger partial charge on any atom is -0.480 e. The van der Waals surface area contributed by atoms with Gasteiger partial charge >= 0.3 is 0 Å². The third kappa shape index (κ3) is 3.34. The fourth-order valence-electron chi connectivity index (χ4n) is 2.31. The number of aromatic nitrogens is 2. The summed E-state index contributed by atoms with van der Waals surface area (Å²) in [7, 11) is 1.61. The van der Waals surface area contributed by atoms with Crippen LogP contribution in [-0.4, -0.2) is 28.6 Å². The van der Waals surface area contributed by atoms with Gasteiger partial charge in [0.05, 0.1) is 13.2 Å². The van der Waals surface area contributed by atoms with Crippen molar-refractivity contribution in [1.82, 2.24) is 15.4 Å². The third-order valence-corrected chi connectivity index (χ3v) is 4.37. The van der Waals surface area contributed by atoms with Crippen LogP contribution in [0.2, 0.25) is 0 Å². The number of rotatable bonds is 5.